The van der Waals surface area contributed by atoms with Gasteiger partial charge in [-0.3, -0.25) is 0 Å². The summed E-state index contributed by atoms with van der Waals surface area (Å²) in [5, 5.41) is 6.75. The number of hydrogen-bond acceptors (Lipinski definition) is 4. The average Bonchev–Trinajstić information content (AvgIpc) is 3.18. The van der Waals surface area contributed by atoms with Crippen LogP contribution in [0.15, 0.2) is 23.3 Å². The number of methoxy groups -OCH3 is 1. The molecule has 0 spiro atoms. The number of hydrogen-bond donors (Lipinski definition) is 2. The van der Waals surface area contributed by atoms with E-state index < -0.39 is 0 Å². The van der Waals surface area contributed by atoms with E-state index in [9.17, 15) is 0 Å². The maximum Gasteiger partial charge on any atom is 0.213 e. The average molecular weight is 490 g/mol. The number of ether oxygens (including phenoxy) is 2. The quantitative estimate of drug-likeness (QED) is 0.214. The first-order chi connectivity index (χ1) is 12.8. The van der Waals surface area contributed by atoms with Gasteiger partial charge in [0, 0.05) is 32.5 Å². The molecule has 0 atom stereocenters. The second-order valence-electron chi connectivity index (χ2n) is 6.76. The summed E-state index contributed by atoms with van der Waals surface area (Å²) in [6, 6.07) is 3.88. The molecule has 7 heteroatoms. The first kappa shape index (κ1) is 23.9. The van der Waals surface area contributed by atoms with Gasteiger partial charge in [-0.25, -0.2) is 9.98 Å². The summed E-state index contributed by atoms with van der Waals surface area (Å²) >= 11 is 0. The van der Waals surface area contributed by atoms with Crippen LogP contribution in [0.25, 0.3) is 0 Å². The number of halogens is 1. The fourth-order valence-electron chi connectivity index (χ4n) is 3.23. The highest BCUT2D eigenvalue weighted by atomic mass is 127. The van der Waals surface area contributed by atoms with Crippen molar-refractivity contribution in [3.05, 3.63) is 23.9 Å². The molecule has 1 aromatic rings. The van der Waals surface area contributed by atoms with Gasteiger partial charge in [0.15, 0.2) is 5.96 Å². The third kappa shape index (κ3) is 10.1. The number of aromatic nitrogens is 1. The molecule has 6 nitrogen and oxygen atoms in total. The fraction of sp³-hybridized carbons (Fsp3) is 0.700. The Hall–Kier alpha value is -1.09. The summed E-state index contributed by atoms with van der Waals surface area (Å²) in [6.45, 7) is 5.60. The molecule has 0 saturated heterocycles. The first-order valence-electron chi connectivity index (χ1n) is 9.90. The molecule has 0 unspecified atom stereocenters. The molecule has 0 radical (unpaired) electrons. The predicted molar refractivity (Wildman–Crippen MR) is 121 cm³/mol. The van der Waals surface area contributed by atoms with Crippen molar-refractivity contribution in [3.63, 3.8) is 0 Å². The van der Waals surface area contributed by atoms with Crippen LogP contribution in [0.4, 0.5) is 0 Å². The molecule has 1 saturated carbocycles. The topological polar surface area (TPSA) is 67.8 Å². The van der Waals surface area contributed by atoms with Gasteiger partial charge in [-0.05, 0) is 31.2 Å². The van der Waals surface area contributed by atoms with Gasteiger partial charge in [0.05, 0.1) is 13.2 Å². The Bertz CT molecular complexity index is 519. The van der Waals surface area contributed by atoms with E-state index >= 15 is 0 Å². The number of nitrogens with zero attached hydrogens (tertiary/aromatic N) is 2. The molecule has 1 aromatic heterocycles. The second kappa shape index (κ2) is 14.9. The molecule has 2 N–H and O–H groups in total. The third-order valence-corrected chi connectivity index (χ3v) is 4.66. The maximum absolute atomic E-state index is 5.48. The van der Waals surface area contributed by atoms with Gasteiger partial charge in [0.1, 0.15) is 6.61 Å². The second-order valence-corrected chi connectivity index (χ2v) is 6.76. The highest BCUT2D eigenvalue weighted by molar-refractivity contribution is 14.0. The lowest BCUT2D eigenvalue weighted by atomic mass is 10.0. The van der Waals surface area contributed by atoms with Crippen LogP contribution in [-0.4, -0.2) is 44.4 Å². The molecular weight excluding hydrogens is 455 g/mol. The highest BCUT2D eigenvalue weighted by Crippen LogP contribution is 2.28. The van der Waals surface area contributed by atoms with Crippen LogP contribution in [-0.2, 0) is 11.3 Å². The molecular formula is C20H35IN4O2. The van der Waals surface area contributed by atoms with Gasteiger partial charge in [-0.1, -0.05) is 31.7 Å². The van der Waals surface area contributed by atoms with E-state index in [1.165, 1.54) is 38.5 Å². The lowest BCUT2D eigenvalue weighted by molar-refractivity contribution is 0.143. The summed E-state index contributed by atoms with van der Waals surface area (Å²) < 4.78 is 10.4. The zero-order valence-corrected chi connectivity index (χ0v) is 19.0. The van der Waals surface area contributed by atoms with E-state index in [-0.39, 0.29) is 24.0 Å². The summed E-state index contributed by atoms with van der Waals surface area (Å²) in [4.78, 5) is 8.96. The van der Waals surface area contributed by atoms with Crippen molar-refractivity contribution in [2.24, 2.45) is 10.9 Å². The van der Waals surface area contributed by atoms with Crippen molar-refractivity contribution in [1.29, 1.82) is 0 Å². The smallest absolute Gasteiger partial charge is 0.213 e. The third-order valence-electron chi connectivity index (χ3n) is 4.66. The van der Waals surface area contributed by atoms with Crippen molar-refractivity contribution in [2.75, 3.05) is 33.4 Å². The van der Waals surface area contributed by atoms with Gasteiger partial charge >= 0.3 is 0 Å². The van der Waals surface area contributed by atoms with Crippen molar-refractivity contribution < 1.29 is 9.47 Å². The number of nitrogens with one attached hydrogen (secondary N) is 2. The van der Waals surface area contributed by atoms with Crippen molar-refractivity contribution in [3.8, 4) is 5.88 Å². The van der Waals surface area contributed by atoms with E-state index in [4.69, 9.17) is 9.47 Å². The van der Waals surface area contributed by atoms with E-state index in [0.717, 1.165) is 30.5 Å². The molecule has 2 rings (SSSR count). The zero-order valence-electron chi connectivity index (χ0n) is 16.7. The summed E-state index contributed by atoms with van der Waals surface area (Å²) in [5.41, 5.74) is 1.06. The molecule has 1 fully saturated rings. The Morgan fingerprint density at radius 3 is 2.70 bits per heavy atom. The van der Waals surface area contributed by atoms with Crippen LogP contribution in [0.1, 0.15) is 51.0 Å². The van der Waals surface area contributed by atoms with Gasteiger partial charge in [-0.15, -0.1) is 24.0 Å². The summed E-state index contributed by atoms with van der Waals surface area (Å²) in [6.07, 6.45) is 10.1. The minimum absolute atomic E-state index is 0. The van der Waals surface area contributed by atoms with Crippen LogP contribution in [0.2, 0.25) is 0 Å². The molecule has 0 aromatic carbocycles. The minimum atomic E-state index is 0. The summed E-state index contributed by atoms with van der Waals surface area (Å²) in [7, 11) is 1.66. The number of pyridine rings is 1. The molecule has 0 amide bonds. The molecule has 154 valence electrons. The fourth-order valence-corrected chi connectivity index (χ4v) is 3.23. The van der Waals surface area contributed by atoms with Crippen LogP contribution in [0, 0.1) is 5.92 Å². The van der Waals surface area contributed by atoms with Crippen LogP contribution < -0.4 is 15.4 Å². The summed E-state index contributed by atoms with van der Waals surface area (Å²) in [5.74, 6) is 2.44. The standard InChI is InChI=1S/C20H34N4O2.HI/c1-3-21-20(22-12-6-9-17-7-4-5-8-17)24-16-18-10-11-19(23-15-18)26-14-13-25-2;/h10-11,15,17H,3-9,12-14,16H2,1-2H3,(H2,21,22,24);1H. The predicted octanol–water partition coefficient (Wildman–Crippen LogP) is 3.75. The number of guanidine groups is 1. The largest absolute Gasteiger partial charge is 0.475 e. The van der Waals surface area contributed by atoms with Crippen LogP contribution in [0.5, 0.6) is 5.88 Å². The molecule has 1 aliphatic rings. The van der Waals surface area contributed by atoms with Gasteiger partial charge in [0.2, 0.25) is 5.88 Å². The Morgan fingerprint density at radius 2 is 2.04 bits per heavy atom. The number of rotatable bonds is 11. The molecule has 1 aliphatic carbocycles. The Labute approximate surface area is 180 Å². The Balaban J connectivity index is 0.00000364. The SMILES string of the molecule is CCNC(=NCc1ccc(OCCOC)nc1)NCCCC1CCCC1.I. The maximum atomic E-state index is 5.48. The van der Waals surface area contributed by atoms with Crippen molar-refractivity contribution in [1.82, 2.24) is 15.6 Å². The van der Waals surface area contributed by atoms with Gasteiger partial charge in [-0.2, -0.15) is 0 Å². The molecule has 0 aliphatic heterocycles. The van der Waals surface area contributed by atoms with Crippen LogP contribution >= 0.6 is 24.0 Å². The Kier molecular flexibility index (Phi) is 13.2. The molecule has 1 heterocycles. The lowest BCUT2D eigenvalue weighted by Crippen LogP contribution is -2.37. The minimum Gasteiger partial charge on any atom is -0.475 e. The van der Waals surface area contributed by atoms with E-state index in [2.05, 4.69) is 27.5 Å². The van der Waals surface area contributed by atoms with E-state index in [1.807, 2.05) is 18.3 Å². The van der Waals surface area contributed by atoms with Crippen molar-refractivity contribution in [2.45, 2.75) is 52.0 Å². The van der Waals surface area contributed by atoms with Crippen molar-refractivity contribution >= 4 is 29.9 Å². The monoisotopic (exact) mass is 490 g/mol. The zero-order chi connectivity index (χ0) is 18.5. The molecule has 0 bridgehead atoms. The first-order valence-corrected chi connectivity index (χ1v) is 9.90. The number of aliphatic imine (C=N–C) groups is 1. The lowest BCUT2D eigenvalue weighted by Gasteiger charge is -2.13. The normalized spacial score (nSPS) is 14.7. The highest BCUT2D eigenvalue weighted by Gasteiger charge is 2.13. The van der Waals surface area contributed by atoms with Crippen LogP contribution in [0.3, 0.4) is 0 Å². The van der Waals surface area contributed by atoms with Gasteiger partial charge < -0.3 is 20.1 Å². The Morgan fingerprint density at radius 1 is 1.22 bits per heavy atom. The molecule has 27 heavy (non-hydrogen) atoms. The van der Waals surface area contributed by atoms with Gasteiger partial charge in [0.25, 0.3) is 0 Å². The van der Waals surface area contributed by atoms with E-state index in [0.29, 0.717) is 25.6 Å². The van der Waals surface area contributed by atoms with E-state index in [1.54, 1.807) is 7.11 Å².